The molecule has 8 aromatic carbocycles. The van der Waals surface area contributed by atoms with Crippen LogP contribution in [0.2, 0.25) is 0 Å². The fourth-order valence-electron chi connectivity index (χ4n) is 6.17. The zero-order chi connectivity index (χ0) is 39.7. The largest absolute Gasteiger partial charge is 0.310 e. The van der Waals surface area contributed by atoms with Gasteiger partial charge >= 0.3 is 0 Å². The van der Waals surface area contributed by atoms with Crippen molar-refractivity contribution in [2.24, 2.45) is 0 Å². The number of benzene rings is 8. The molecule has 0 aliphatic heterocycles. The Bertz CT molecular complexity index is 2790. The Morgan fingerprint density at radius 2 is 0.875 bits per heavy atom. The van der Waals surface area contributed by atoms with Gasteiger partial charge in [0, 0.05) is 33.5 Å². The first kappa shape index (κ1) is 21.1. The molecule has 0 fully saturated rings. The molecule has 48 heavy (non-hydrogen) atoms. The highest BCUT2D eigenvalue weighted by Gasteiger charge is 2.22. The molecule has 0 atom stereocenters. The molecule has 0 amide bonds. The monoisotopic (exact) mass is 630 g/mol. The van der Waals surface area contributed by atoms with E-state index in [9.17, 15) is 19.3 Å². The molecule has 226 valence electrons. The van der Waals surface area contributed by atoms with Crippen molar-refractivity contribution in [3.63, 3.8) is 0 Å². The lowest BCUT2D eigenvalue weighted by molar-refractivity contribution is 0.627. The first-order valence-corrected chi connectivity index (χ1v) is 14.7. The summed E-state index contributed by atoms with van der Waals surface area (Å²) >= 11 is 0. The summed E-state index contributed by atoms with van der Waals surface area (Å²) in [7, 11) is 0. The Balaban J connectivity index is 1.48. The number of hydrogen-bond acceptors (Lipinski definition) is 4. The van der Waals surface area contributed by atoms with E-state index in [4.69, 9.17) is 11.0 Å². The summed E-state index contributed by atoms with van der Waals surface area (Å²) in [5, 5.41) is 23.6. The normalized spacial score (nSPS) is 13.4. The highest BCUT2D eigenvalue weighted by molar-refractivity contribution is 6.28. The molecule has 0 bridgehead atoms. The molecule has 0 radical (unpaired) electrons. The second-order valence-electron chi connectivity index (χ2n) is 10.9. The van der Waals surface area contributed by atoms with Crippen molar-refractivity contribution < 1.29 is 19.7 Å². The molecule has 8 rings (SSSR count). The molecule has 8 aromatic rings. The molecule has 0 aliphatic rings. The van der Waals surface area contributed by atoms with Crippen LogP contribution >= 0.6 is 0 Å². The Labute approximate surface area is 286 Å². The molecule has 0 heterocycles. The zero-order valence-electron chi connectivity index (χ0n) is 32.8. The van der Waals surface area contributed by atoms with Gasteiger partial charge in [0.1, 0.15) is 11.6 Å². The quantitative estimate of drug-likeness (QED) is 0.172. The van der Waals surface area contributed by atoms with Crippen LogP contribution in [0.3, 0.4) is 0 Å². The number of nitrogens with zero attached hydrogens (tertiary/aromatic N) is 4. The topological polar surface area (TPSA) is 54.1 Å². The fourth-order valence-corrected chi connectivity index (χ4v) is 6.17. The predicted octanol–water partition coefficient (Wildman–Crippen LogP) is 11.5. The maximum Gasteiger partial charge on any atom is 0.123 e. The summed E-state index contributed by atoms with van der Waals surface area (Å²) in [6, 6.07) is 25.3. The van der Waals surface area contributed by atoms with Crippen molar-refractivity contribution >= 4 is 66.4 Å². The first-order valence-electron chi connectivity index (χ1n) is 18.7. The van der Waals surface area contributed by atoms with E-state index in [0.717, 1.165) is 10.8 Å². The maximum absolute atomic E-state index is 14.9. The van der Waals surface area contributed by atoms with Gasteiger partial charge in [0.05, 0.1) is 45.6 Å². The SMILES string of the molecule is [2H]c1c([2H])c(N(c2cccc(C#N)c2)c2ccc3ccc4c(N(c5cccc(C#N)c5)c5c([2H])c([2H])c(F)c([2H])c5[2H])ccc5ccc2c3c54)c([2H])c([2H])c1F. The Kier molecular flexibility index (Phi) is 5.08. The average molecular weight is 631 g/mol. The number of nitriles is 2. The Morgan fingerprint density at radius 1 is 0.479 bits per heavy atom. The standard InChI is InChI=1S/C42H24F2N4/c43-31-11-15-33(16-12-31)47(35-5-1-3-27(23-35)25-45)39-21-9-29-8-20-38-40(22-10-30-7-19-37(39)41(29)42(30)38)48(34-17-13-32(44)14-18-34)36-6-2-4-28(24-36)26-46/h1-24H/i11D,12D,13D,14D,15D,16D,17D,18D. The van der Waals surface area contributed by atoms with E-state index in [1.165, 1.54) is 21.9 Å². The molecule has 0 spiro atoms. The summed E-state index contributed by atoms with van der Waals surface area (Å²) in [6.07, 6.45) is 0. The van der Waals surface area contributed by atoms with Crippen molar-refractivity contribution in [1.82, 2.24) is 0 Å². The molecule has 0 unspecified atom stereocenters. The van der Waals surface area contributed by atoms with Gasteiger partial charge in [0.25, 0.3) is 0 Å². The molecule has 0 saturated carbocycles. The van der Waals surface area contributed by atoms with E-state index in [1.807, 2.05) is 24.3 Å². The van der Waals surface area contributed by atoms with Gasteiger partial charge in [0.15, 0.2) is 0 Å². The van der Waals surface area contributed by atoms with Gasteiger partial charge in [-0.3, -0.25) is 0 Å². The zero-order valence-corrected chi connectivity index (χ0v) is 24.8. The van der Waals surface area contributed by atoms with Crippen LogP contribution in [-0.2, 0) is 0 Å². The van der Waals surface area contributed by atoms with Crippen LogP contribution in [0.1, 0.15) is 22.1 Å². The molecule has 0 aliphatic carbocycles. The third-order valence-corrected chi connectivity index (χ3v) is 8.18. The smallest absolute Gasteiger partial charge is 0.123 e. The fraction of sp³-hybridized carbons (Fsp3) is 0. The van der Waals surface area contributed by atoms with Crippen LogP contribution < -0.4 is 9.80 Å². The number of anilines is 6. The van der Waals surface area contributed by atoms with E-state index in [-0.39, 0.29) is 22.5 Å². The van der Waals surface area contributed by atoms with Gasteiger partial charge in [-0.25, -0.2) is 8.78 Å². The van der Waals surface area contributed by atoms with Crippen molar-refractivity contribution in [2.75, 3.05) is 9.80 Å². The van der Waals surface area contributed by atoms with Gasteiger partial charge in [-0.05, 0) is 118 Å². The molecule has 0 saturated heterocycles. The minimum atomic E-state index is -1.30. The second-order valence-corrected chi connectivity index (χ2v) is 10.9. The van der Waals surface area contributed by atoms with Gasteiger partial charge in [0.2, 0.25) is 0 Å². The van der Waals surface area contributed by atoms with Crippen LogP contribution in [0.15, 0.2) is 145 Å². The van der Waals surface area contributed by atoms with Gasteiger partial charge in [-0.2, -0.15) is 10.5 Å². The van der Waals surface area contributed by atoms with E-state index < -0.39 is 60.0 Å². The summed E-state index contributed by atoms with van der Waals surface area (Å²) in [4.78, 5) is 2.94. The molecular weight excluding hydrogens is 598 g/mol. The summed E-state index contributed by atoms with van der Waals surface area (Å²) in [5.74, 6) is -2.60. The Morgan fingerprint density at radius 3 is 1.27 bits per heavy atom. The lowest BCUT2D eigenvalue weighted by atomic mass is 9.91. The highest BCUT2D eigenvalue weighted by Crippen LogP contribution is 2.47. The second kappa shape index (κ2) is 11.6. The summed E-state index contributed by atoms with van der Waals surface area (Å²) < 4.78 is 98.3. The maximum atomic E-state index is 14.9. The van der Waals surface area contributed by atoms with Crippen molar-refractivity contribution in [1.29, 1.82) is 10.5 Å². The third kappa shape index (κ3) is 4.81. The predicted molar refractivity (Wildman–Crippen MR) is 189 cm³/mol. The first-order chi connectivity index (χ1) is 26.9. The van der Waals surface area contributed by atoms with Crippen molar-refractivity contribution in [2.45, 2.75) is 0 Å². The van der Waals surface area contributed by atoms with E-state index in [1.54, 1.807) is 60.7 Å². The lowest BCUT2D eigenvalue weighted by Gasteiger charge is -2.29. The van der Waals surface area contributed by atoms with Gasteiger partial charge in [-0.15, -0.1) is 0 Å². The number of hydrogen-bond donors (Lipinski definition) is 0. The van der Waals surface area contributed by atoms with Crippen LogP contribution in [-0.4, -0.2) is 0 Å². The van der Waals surface area contributed by atoms with Crippen molar-refractivity contribution in [3.8, 4) is 12.1 Å². The molecule has 6 heteroatoms. The van der Waals surface area contributed by atoms with E-state index in [0.29, 0.717) is 44.3 Å². The van der Waals surface area contributed by atoms with Gasteiger partial charge in [-0.1, -0.05) is 48.5 Å². The summed E-state index contributed by atoms with van der Waals surface area (Å²) in [5.41, 5.74) is 1.43. The van der Waals surface area contributed by atoms with Crippen LogP contribution in [0, 0.1) is 34.3 Å². The van der Waals surface area contributed by atoms with E-state index >= 15 is 0 Å². The van der Waals surface area contributed by atoms with Gasteiger partial charge < -0.3 is 9.80 Å². The molecule has 4 nitrogen and oxygen atoms in total. The van der Waals surface area contributed by atoms with Crippen LogP contribution in [0.5, 0.6) is 0 Å². The highest BCUT2D eigenvalue weighted by atomic mass is 19.1. The minimum Gasteiger partial charge on any atom is -0.310 e. The molecule has 0 N–H and O–H groups in total. The van der Waals surface area contributed by atoms with Crippen LogP contribution in [0.25, 0.3) is 32.3 Å². The molecular formula is C42H24F2N4. The molecule has 0 aromatic heterocycles. The minimum absolute atomic E-state index is 0.240. The third-order valence-electron chi connectivity index (χ3n) is 8.18. The van der Waals surface area contributed by atoms with Crippen LogP contribution in [0.4, 0.5) is 42.9 Å². The van der Waals surface area contributed by atoms with Crippen molar-refractivity contribution in [3.05, 3.63) is 168 Å². The average Bonchev–Trinajstić information content (AvgIpc) is 3.23. The van der Waals surface area contributed by atoms with E-state index in [2.05, 4.69) is 12.1 Å². The number of halogens is 2. The Hall–Kier alpha value is -6.76. The summed E-state index contributed by atoms with van der Waals surface area (Å²) in [6.45, 7) is 0. The lowest BCUT2D eigenvalue weighted by Crippen LogP contribution is -2.12. The number of rotatable bonds is 6.